The van der Waals surface area contributed by atoms with Crippen LogP contribution in [0.5, 0.6) is 0 Å². The second kappa shape index (κ2) is 18.7. The first kappa shape index (κ1) is 22.0. The summed E-state index contributed by atoms with van der Waals surface area (Å²) < 4.78 is 0. The molecule has 0 aromatic heterocycles. The van der Waals surface area contributed by atoms with E-state index in [4.69, 9.17) is 10.2 Å². The third-order valence-electron chi connectivity index (χ3n) is 3.03. The summed E-state index contributed by atoms with van der Waals surface area (Å²) in [5, 5.41) is 16.9. The number of unbranched alkanes of at least 4 members (excludes halogenated alkanes) is 9. The van der Waals surface area contributed by atoms with Gasteiger partial charge in [-0.2, -0.15) is 0 Å². The third-order valence-corrected chi connectivity index (χ3v) is 3.03. The van der Waals surface area contributed by atoms with Gasteiger partial charge in [0.15, 0.2) is 0 Å². The minimum absolute atomic E-state index is 0.295. The monoisotopic (exact) mass is 300 g/mol. The van der Waals surface area contributed by atoms with E-state index in [9.17, 15) is 9.59 Å². The van der Waals surface area contributed by atoms with E-state index in [0.29, 0.717) is 12.8 Å². The standard InChI is InChI=1S/C14H26O4.C3H6/c15-13(16)11-9-7-5-3-1-2-4-6-8-10-12-14(17)18;1-3-2/h1-12H2,(H,15,16)(H,17,18);3H,1H2,2H3. The van der Waals surface area contributed by atoms with Crippen molar-refractivity contribution in [1.82, 2.24) is 0 Å². The lowest BCUT2D eigenvalue weighted by Gasteiger charge is -2.01. The van der Waals surface area contributed by atoms with Crippen molar-refractivity contribution in [2.45, 2.75) is 84.0 Å². The fraction of sp³-hybridized carbons (Fsp3) is 0.765. The Morgan fingerprint density at radius 3 is 1.10 bits per heavy atom. The maximum absolute atomic E-state index is 10.3. The molecular weight excluding hydrogens is 268 g/mol. The maximum atomic E-state index is 10.3. The van der Waals surface area contributed by atoms with E-state index < -0.39 is 11.9 Å². The van der Waals surface area contributed by atoms with Gasteiger partial charge < -0.3 is 10.2 Å². The SMILES string of the molecule is C=CC.O=C(O)CCCCCCCCCCCCC(=O)O. The molecule has 0 aliphatic heterocycles. The van der Waals surface area contributed by atoms with Crippen LogP contribution in [-0.2, 0) is 9.59 Å². The van der Waals surface area contributed by atoms with Gasteiger partial charge in [-0.25, -0.2) is 0 Å². The Morgan fingerprint density at radius 1 is 0.714 bits per heavy atom. The number of carbonyl (C=O) groups is 2. The fourth-order valence-electron chi connectivity index (χ4n) is 1.97. The molecule has 0 rings (SSSR count). The van der Waals surface area contributed by atoms with Gasteiger partial charge in [-0.15, -0.1) is 6.58 Å². The molecule has 21 heavy (non-hydrogen) atoms. The van der Waals surface area contributed by atoms with E-state index in [1.165, 1.54) is 25.7 Å². The number of carboxylic acid groups (broad SMARTS) is 2. The van der Waals surface area contributed by atoms with Crippen molar-refractivity contribution >= 4 is 11.9 Å². The second-order valence-corrected chi connectivity index (χ2v) is 5.23. The molecule has 0 fully saturated rings. The van der Waals surface area contributed by atoms with Gasteiger partial charge in [-0.05, 0) is 19.8 Å². The highest BCUT2D eigenvalue weighted by atomic mass is 16.4. The van der Waals surface area contributed by atoms with Gasteiger partial charge in [0, 0.05) is 12.8 Å². The molecule has 0 aliphatic carbocycles. The molecule has 0 saturated heterocycles. The van der Waals surface area contributed by atoms with Crippen molar-refractivity contribution in [1.29, 1.82) is 0 Å². The summed E-state index contributed by atoms with van der Waals surface area (Å²) in [4.78, 5) is 20.5. The van der Waals surface area contributed by atoms with Crippen molar-refractivity contribution in [3.63, 3.8) is 0 Å². The van der Waals surface area contributed by atoms with Crippen molar-refractivity contribution in [3.8, 4) is 0 Å². The molecule has 0 spiro atoms. The summed E-state index contributed by atoms with van der Waals surface area (Å²) in [6, 6.07) is 0. The molecule has 0 bridgehead atoms. The van der Waals surface area contributed by atoms with Crippen LogP contribution in [0.15, 0.2) is 12.7 Å². The van der Waals surface area contributed by atoms with Crippen molar-refractivity contribution in [2.75, 3.05) is 0 Å². The minimum Gasteiger partial charge on any atom is -0.481 e. The molecular formula is C17H32O4. The molecule has 4 heteroatoms. The van der Waals surface area contributed by atoms with Crippen LogP contribution in [-0.4, -0.2) is 22.2 Å². The van der Waals surface area contributed by atoms with E-state index in [1.807, 2.05) is 6.92 Å². The van der Waals surface area contributed by atoms with Crippen LogP contribution in [0.3, 0.4) is 0 Å². The van der Waals surface area contributed by atoms with E-state index >= 15 is 0 Å². The third kappa shape index (κ3) is 27.8. The Labute approximate surface area is 129 Å². The molecule has 0 heterocycles. The van der Waals surface area contributed by atoms with E-state index in [1.54, 1.807) is 6.08 Å². The Kier molecular flexibility index (Phi) is 19.5. The van der Waals surface area contributed by atoms with E-state index in [-0.39, 0.29) is 0 Å². The van der Waals surface area contributed by atoms with Gasteiger partial charge in [-0.3, -0.25) is 9.59 Å². The molecule has 2 N–H and O–H groups in total. The number of hydrogen-bond donors (Lipinski definition) is 2. The van der Waals surface area contributed by atoms with Gasteiger partial charge in [0.05, 0.1) is 0 Å². The second-order valence-electron chi connectivity index (χ2n) is 5.23. The number of rotatable bonds is 13. The summed E-state index contributed by atoms with van der Waals surface area (Å²) in [5.74, 6) is -1.40. The lowest BCUT2D eigenvalue weighted by atomic mass is 10.1. The average Bonchev–Trinajstić information content (AvgIpc) is 2.40. The molecule has 0 amide bonds. The molecule has 0 atom stereocenters. The average molecular weight is 300 g/mol. The topological polar surface area (TPSA) is 74.6 Å². The van der Waals surface area contributed by atoms with Crippen molar-refractivity contribution in [3.05, 3.63) is 12.7 Å². The lowest BCUT2D eigenvalue weighted by molar-refractivity contribution is -0.138. The number of aliphatic carboxylic acids is 2. The first-order valence-electron chi connectivity index (χ1n) is 8.05. The zero-order valence-corrected chi connectivity index (χ0v) is 13.5. The Morgan fingerprint density at radius 2 is 0.905 bits per heavy atom. The first-order chi connectivity index (χ1) is 10.0. The summed E-state index contributed by atoms with van der Waals surface area (Å²) in [5.41, 5.74) is 0. The predicted molar refractivity (Wildman–Crippen MR) is 86.5 cm³/mol. The van der Waals surface area contributed by atoms with E-state index in [2.05, 4.69) is 6.58 Å². The number of carboxylic acids is 2. The van der Waals surface area contributed by atoms with Gasteiger partial charge in [0.1, 0.15) is 0 Å². The van der Waals surface area contributed by atoms with Crippen LogP contribution in [0.1, 0.15) is 84.0 Å². The van der Waals surface area contributed by atoms with Crippen LogP contribution in [0, 0.1) is 0 Å². The van der Waals surface area contributed by atoms with Crippen molar-refractivity contribution in [2.24, 2.45) is 0 Å². The zero-order valence-electron chi connectivity index (χ0n) is 13.5. The highest BCUT2D eigenvalue weighted by Gasteiger charge is 1.98. The predicted octanol–water partition coefficient (Wildman–Crippen LogP) is 5.03. The highest BCUT2D eigenvalue weighted by Crippen LogP contribution is 2.11. The van der Waals surface area contributed by atoms with Crippen molar-refractivity contribution < 1.29 is 19.8 Å². The first-order valence-corrected chi connectivity index (χ1v) is 8.05. The van der Waals surface area contributed by atoms with Gasteiger partial charge in [-0.1, -0.05) is 57.4 Å². The molecule has 0 aromatic rings. The Hall–Kier alpha value is -1.32. The normalized spacial score (nSPS) is 9.57. The minimum atomic E-state index is -0.698. The maximum Gasteiger partial charge on any atom is 0.303 e. The Bertz CT molecular complexity index is 238. The fourth-order valence-corrected chi connectivity index (χ4v) is 1.97. The van der Waals surface area contributed by atoms with Gasteiger partial charge in [0.25, 0.3) is 0 Å². The largest absolute Gasteiger partial charge is 0.481 e. The molecule has 0 aromatic carbocycles. The molecule has 0 radical (unpaired) electrons. The molecule has 4 nitrogen and oxygen atoms in total. The summed E-state index contributed by atoms with van der Waals surface area (Å²) in [6.45, 7) is 5.25. The highest BCUT2D eigenvalue weighted by molar-refractivity contribution is 5.66. The lowest BCUT2D eigenvalue weighted by Crippen LogP contribution is -1.93. The molecule has 0 saturated carbocycles. The summed E-state index contributed by atoms with van der Waals surface area (Å²) >= 11 is 0. The molecule has 124 valence electrons. The van der Waals surface area contributed by atoms with E-state index in [0.717, 1.165) is 38.5 Å². The van der Waals surface area contributed by atoms with Crippen LogP contribution in [0.4, 0.5) is 0 Å². The molecule has 0 aliphatic rings. The summed E-state index contributed by atoms with van der Waals surface area (Å²) in [7, 11) is 0. The Balaban J connectivity index is 0. The number of hydrogen-bond acceptors (Lipinski definition) is 2. The molecule has 0 unspecified atom stereocenters. The van der Waals surface area contributed by atoms with Crippen LogP contribution >= 0.6 is 0 Å². The summed E-state index contributed by atoms with van der Waals surface area (Å²) in [6.07, 6.45) is 13.0. The number of allylic oxidation sites excluding steroid dienone is 1. The van der Waals surface area contributed by atoms with Gasteiger partial charge >= 0.3 is 11.9 Å². The quantitative estimate of drug-likeness (QED) is 0.369. The van der Waals surface area contributed by atoms with Gasteiger partial charge in [0.2, 0.25) is 0 Å². The zero-order chi connectivity index (χ0) is 16.3. The van der Waals surface area contributed by atoms with Crippen LogP contribution in [0.25, 0.3) is 0 Å². The van der Waals surface area contributed by atoms with Crippen LogP contribution in [0.2, 0.25) is 0 Å². The smallest absolute Gasteiger partial charge is 0.303 e. The van der Waals surface area contributed by atoms with Crippen LogP contribution < -0.4 is 0 Å².